The van der Waals surface area contributed by atoms with E-state index in [0.717, 1.165) is 43.3 Å². The lowest BCUT2D eigenvalue weighted by molar-refractivity contribution is 0.0799. The number of piperidine rings is 1. The minimum atomic E-state index is -0.0782. The minimum absolute atomic E-state index is 0.0782. The molecule has 1 amide bonds. The number of rotatable bonds is 3. The van der Waals surface area contributed by atoms with Crippen molar-refractivity contribution in [2.24, 2.45) is 0 Å². The van der Waals surface area contributed by atoms with Gasteiger partial charge in [0, 0.05) is 19.5 Å². The summed E-state index contributed by atoms with van der Waals surface area (Å²) in [6.45, 7) is 4.26. The molecule has 0 unspecified atom stereocenters. The molecule has 1 aromatic carbocycles. The van der Waals surface area contributed by atoms with Gasteiger partial charge in [-0.2, -0.15) is 0 Å². The number of benzene rings is 1. The second kappa shape index (κ2) is 6.13. The van der Waals surface area contributed by atoms with E-state index in [1.807, 2.05) is 6.07 Å². The smallest absolute Gasteiger partial charge is 0.289 e. The van der Waals surface area contributed by atoms with Gasteiger partial charge in [0.05, 0.1) is 0 Å². The second-order valence-electron chi connectivity index (χ2n) is 6.29. The third-order valence-corrected chi connectivity index (χ3v) is 4.51. The molecule has 1 saturated heterocycles. The lowest BCUT2D eigenvalue weighted by atomic mass is 9.88. The third-order valence-electron chi connectivity index (χ3n) is 4.51. The maximum absolute atomic E-state index is 12.2. The van der Waals surface area contributed by atoms with E-state index in [2.05, 4.69) is 24.4 Å². The molecule has 3 rings (SSSR count). The Labute approximate surface area is 131 Å². The van der Waals surface area contributed by atoms with Crippen LogP contribution < -0.4 is 5.32 Å². The van der Waals surface area contributed by atoms with E-state index in [1.54, 1.807) is 19.0 Å². The summed E-state index contributed by atoms with van der Waals surface area (Å²) in [5.41, 5.74) is 3.48. The molecule has 0 aliphatic carbocycles. The summed E-state index contributed by atoms with van der Waals surface area (Å²) in [5.74, 6) is 0.873. The highest BCUT2D eigenvalue weighted by atomic mass is 16.3. The summed E-state index contributed by atoms with van der Waals surface area (Å²) in [6.07, 6.45) is 3.25. The number of hydrogen-bond acceptors (Lipinski definition) is 3. The Morgan fingerprint density at radius 2 is 2.00 bits per heavy atom. The van der Waals surface area contributed by atoms with Crippen molar-refractivity contribution in [1.29, 1.82) is 0 Å². The average Bonchev–Trinajstić information content (AvgIpc) is 2.97. The molecule has 1 N–H and O–H groups in total. The van der Waals surface area contributed by atoms with Crippen LogP contribution in [0.4, 0.5) is 0 Å². The highest BCUT2D eigenvalue weighted by molar-refractivity contribution is 5.96. The summed E-state index contributed by atoms with van der Waals surface area (Å²) in [7, 11) is 3.50. The van der Waals surface area contributed by atoms with Crippen LogP contribution >= 0.6 is 0 Å². The first kappa shape index (κ1) is 15.1. The van der Waals surface area contributed by atoms with Crippen LogP contribution in [0.5, 0.6) is 0 Å². The van der Waals surface area contributed by atoms with Gasteiger partial charge in [0.2, 0.25) is 0 Å². The predicted molar refractivity (Wildman–Crippen MR) is 88.5 cm³/mol. The molecule has 4 heteroatoms. The van der Waals surface area contributed by atoms with Crippen LogP contribution in [-0.4, -0.2) is 38.0 Å². The van der Waals surface area contributed by atoms with Gasteiger partial charge in [-0.3, -0.25) is 4.79 Å². The van der Waals surface area contributed by atoms with E-state index >= 15 is 0 Å². The SMILES string of the molecule is CCc1cc(C2CCNCC2)c2oc(C(=O)N(C)C)cc2c1. The number of carbonyl (C=O) groups is 1. The molecule has 0 bridgehead atoms. The number of carbonyl (C=O) groups excluding carboxylic acids is 1. The lowest BCUT2D eigenvalue weighted by Crippen LogP contribution is -2.26. The Kier molecular flexibility index (Phi) is 4.21. The second-order valence-corrected chi connectivity index (χ2v) is 6.29. The van der Waals surface area contributed by atoms with Crippen LogP contribution in [0, 0.1) is 0 Å². The van der Waals surface area contributed by atoms with Crippen LogP contribution in [-0.2, 0) is 6.42 Å². The summed E-state index contributed by atoms with van der Waals surface area (Å²) in [4.78, 5) is 13.7. The number of furan rings is 1. The molecule has 1 aromatic heterocycles. The van der Waals surface area contributed by atoms with Crippen molar-refractivity contribution in [3.63, 3.8) is 0 Å². The molecule has 1 aliphatic heterocycles. The maximum atomic E-state index is 12.2. The first-order chi connectivity index (χ1) is 10.6. The number of nitrogens with zero attached hydrogens (tertiary/aromatic N) is 1. The van der Waals surface area contributed by atoms with Gasteiger partial charge in [-0.1, -0.05) is 13.0 Å². The van der Waals surface area contributed by atoms with Crippen LogP contribution in [0.15, 0.2) is 22.6 Å². The zero-order valence-electron chi connectivity index (χ0n) is 13.6. The Morgan fingerprint density at radius 1 is 1.27 bits per heavy atom. The van der Waals surface area contributed by atoms with E-state index in [1.165, 1.54) is 11.1 Å². The first-order valence-electron chi connectivity index (χ1n) is 8.09. The molecule has 118 valence electrons. The first-order valence-corrected chi connectivity index (χ1v) is 8.09. The van der Waals surface area contributed by atoms with Crippen LogP contribution in [0.2, 0.25) is 0 Å². The number of aryl methyl sites for hydroxylation is 1. The highest BCUT2D eigenvalue weighted by Crippen LogP contribution is 2.34. The van der Waals surface area contributed by atoms with E-state index in [-0.39, 0.29) is 5.91 Å². The standard InChI is InChI=1S/C18H24N2O2/c1-4-12-9-14-11-16(18(21)20(2)3)22-17(14)15(10-12)13-5-7-19-8-6-13/h9-11,13,19H,4-8H2,1-3H3. The van der Waals surface area contributed by atoms with Gasteiger partial charge < -0.3 is 14.6 Å². The van der Waals surface area contributed by atoms with Crippen molar-refractivity contribution < 1.29 is 9.21 Å². The van der Waals surface area contributed by atoms with Crippen molar-refractivity contribution in [3.8, 4) is 0 Å². The Balaban J connectivity index is 2.10. The largest absolute Gasteiger partial charge is 0.451 e. The van der Waals surface area contributed by atoms with Crippen molar-refractivity contribution in [1.82, 2.24) is 10.2 Å². The molecule has 0 spiro atoms. The minimum Gasteiger partial charge on any atom is -0.451 e. The molecule has 2 heterocycles. The van der Waals surface area contributed by atoms with Gasteiger partial charge in [0.1, 0.15) is 5.58 Å². The number of fused-ring (bicyclic) bond motifs is 1. The fraction of sp³-hybridized carbons (Fsp3) is 0.500. The zero-order chi connectivity index (χ0) is 15.7. The van der Waals surface area contributed by atoms with Crippen molar-refractivity contribution in [2.75, 3.05) is 27.2 Å². The Bertz CT molecular complexity index is 682. The summed E-state index contributed by atoms with van der Waals surface area (Å²) < 4.78 is 5.96. The molecule has 1 aliphatic rings. The van der Waals surface area contributed by atoms with Crippen molar-refractivity contribution >= 4 is 16.9 Å². The third kappa shape index (κ3) is 2.75. The van der Waals surface area contributed by atoms with Gasteiger partial charge in [-0.15, -0.1) is 0 Å². The molecule has 0 atom stereocenters. The quantitative estimate of drug-likeness (QED) is 0.947. The summed E-state index contributed by atoms with van der Waals surface area (Å²) in [5, 5.41) is 4.46. The molecular weight excluding hydrogens is 276 g/mol. The van der Waals surface area contributed by atoms with Gasteiger partial charge in [-0.25, -0.2) is 0 Å². The van der Waals surface area contributed by atoms with Crippen LogP contribution in [0.3, 0.4) is 0 Å². The van der Waals surface area contributed by atoms with Crippen molar-refractivity contribution in [3.05, 3.63) is 35.1 Å². The van der Waals surface area contributed by atoms with E-state index in [9.17, 15) is 4.79 Å². The molecular formula is C18H24N2O2. The summed E-state index contributed by atoms with van der Waals surface area (Å²) in [6, 6.07) is 6.31. The van der Waals surface area contributed by atoms with E-state index in [4.69, 9.17) is 4.42 Å². The van der Waals surface area contributed by atoms with Gasteiger partial charge in [0.25, 0.3) is 5.91 Å². The van der Waals surface area contributed by atoms with E-state index in [0.29, 0.717) is 11.7 Å². The van der Waals surface area contributed by atoms with Gasteiger partial charge >= 0.3 is 0 Å². The zero-order valence-corrected chi connectivity index (χ0v) is 13.6. The Morgan fingerprint density at radius 3 is 2.64 bits per heavy atom. The van der Waals surface area contributed by atoms with Gasteiger partial charge in [-0.05, 0) is 61.5 Å². The van der Waals surface area contributed by atoms with Crippen LogP contribution in [0.1, 0.15) is 47.4 Å². The van der Waals surface area contributed by atoms with Crippen molar-refractivity contribution in [2.45, 2.75) is 32.1 Å². The highest BCUT2D eigenvalue weighted by Gasteiger charge is 2.22. The maximum Gasteiger partial charge on any atom is 0.289 e. The fourth-order valence-electron chi connectivity index (χ4n) is 3.21. The normalized spacial score (nSPS) is 16.1. The van der Waals surface area contributed by atoms with Crippen LogP contribution in [0.25, 0.3) is 11.0 Å². The predicted octanol–water partition coefficient (Wildman–Crippen LogP) is 3.16. The average molecular weight is 300 g/mol. The lowest BCUT2D eigenvalue weighted by Gasteiger charge is -2.23. The molecule has 4 nitrogen and oxygen atoms in total. The number of hydrogen-bond donors (Lipinski definition) is 1. The molecule has 0 saturated carbocycles. The van der Waals surface area contributed by atoms with E-state index < -0.39 is 0 Å². The monoisotopic (exact) mass is 300 g/mol. The Hall–Kier alpha value is -1.81. The summed E-state index contributed by atoms with van der Waals surface area (Å²) >= 11 is 0. The molecule has 2 aromatic rings. The number of nitrogens with one attached hydrogen (secondary N) is 1. The molecule has 1 fully saturated rings. The molecule has 0 radical (unpaired) electrons. The topological polar surface area (TPSA) is 45.5 Å². The van der Waals surface area contributed by atoms with Gasteiger partial charge in [0.15, 0.2) is 5.76 Å². The number of amides is 1. The molecule has 22 heavy (non-hydrogen) atoms. The fourth-order valence-corrected chi connectivity index (χ4v) is 3.21.